The van der Waals surface area contributed by atoms with Gasteiger partial charge in [0.15, 0.2) is 0 Å². The van der Waals surface area contributed by atoms with Crippen LogP contribution in [-0.4, -0.2) is 36.5 Å². The standard InChI is InChI=1S/C13H23NO3/c1-5-10(14-8-6-7-11(14)15)9-13(2,3)12(16)17-4/h10H,5-9H2,1-4H3. The Hall–Kier alpha value is -1.06. The van der Waals surface area contributed by atoms with Crippen LogP contribution in [0.15, 0.2) is 0 Å². The first-order valence-electron chi connectivity index (χ1n) is 6.30. The molecular weight excluding hydrogens is 218 g/mol. The molecule has 0 aromatic rings. The lowest BCUT2D eigenvalue weighted by Crippen LogP contribution is -2.41. The monoisotopic (exact) mass is 241 g/mol. The molecule has 4 heteroatoms. The van der Waals surface area contributed by atoms with Crippen molar-refractivity contribution in [2.75, 3.05) is 13.7 Å². The highest BCUT2D eigenvalue weighted by molar-refractivity contribution is 5.79. The molecular formula is C13H23NO3. The lowest BCUT2D eigenvalue weighted by atomic mass is 9.84. The Morgan fingerprint density at radius 2 is 2.18 bits per heavy atom. The Balaban J connectivity index is 2.69. The van der Waals surface area contributed by atoms with Gasteiger partial charge in [0.2, 0.25) is 5.91 Å². The van der Waals surface area contributed by atoms with Crippen molar-refractivity contribution < 1.29 is 14.3 Å². The number of ether oxygens (including phenoxy) is 1. The zero-order valence-corrected chi connectivity index (χ0v) is 11.3. The third-order valence-electron chi connectivity index (χ3n) is 3.51. The van der Waals surface area contributed by atoms with Gasteiger partial charge in [-0.1, -0.05) is 6.92 Å². The average Bonchev–Trinajstić information content (AvgIpc) is 2.71. The highest BCUT2D eigenvalue weighted by Crippen LogP contribution is 2.29. The van der Waals surface area contributed by atoms with Crippen LogP contribution in [-0.2, 0) is 14.3 Å². The van der Waals surface area contributed by atoms with Crippen molar-refractivity contribution >= 4 is 11.9 Å². The van der Waals surface area contributed by atoms with Crippen molar-refractivity contribution in [2.45, 2.75) is 52.5 Å². The maximum Gasteiger partial charge on any atom is 0.311 e. The fourth-order valence-corrected chi connectivity index (χ4v) is 2.48. The zero-order chi connectivity index (χ0) is 13.1. The molecule has 1 amide bonds. The number of methoxy groups -OCH3 is 1. The molecule has 1 atom stereocenters. The van der Waals surface area contributed by atoms with Crippen molar-refractivity contribution in [1.82, 2.24) is 4.90 Å². The molecule has 0 aromatic heterocycles. The number of carbonyl (C=O) groups excluding carboxylic acids is 2. The minimum atomic E-state index is -0.529. The van der Waals surface area contributed by atoms with Crippen molar-refractivity contribution in [3.8, 4) is 0 Å². The van der Waals surface area contributed by atoms with Gasteiger partial charge in [-0.15, -0.1) is 0 Å². The Morgan fingerprint density at radius 3 is 2.59 bits per heavy atom. The van der Waals surface area contributed by atoms with E-state index < -0.39 is 5.41 Å². The fraction of sp³-hybridized carbons (Fsp3) is 0.846. The molecule has 1 aliphatic heterocycles. The van der Waals surface area contributed by atoms with Gasteiger partial charge in [0, 0.05) is 19.0 Å². The maximum atomic E-state index is 11.7. The predicted octanol–water partition coefficient (Wildman–Crippen LogP) is 1.98. The number of likely N-dealkylation sites (tertiary alicyclic amines) is 1. The van der Waals surface area contributed by atoms with E-state index in [2.05, 4.69) is 6.92 Å². The molecule has 0 radical (unpaired) electrons. The maximum absolute atomic E-state index is 11.7. The van der Waals surface area contributed by atoms with Crippen LogP contribution in [0.5, 0.6) is 0 Å². The number of rotatable bonds is 5. The Morgan fingerprint density at radius 1 is 1.53 bits per heavy atom. The van der Waals surface area contributed by atoms with Crippen molar-refractivity contribution in [3.05, 3.63) is 0 Å². The third kappa shape index (κ3) is 3.20. The number of amides is 1. The molecule has 1 unspecified atom stereocenters. The van der Waals surface area contributed by atoms with Crippen LogP contribution in [0, 0.1) is 5.41 Å². The van der Waals surface area contributed by atoms with E-state index in [1.165, 1.54) is 7.11 Å². The number of nitrogens with zero attached hydrogens (tertiary/aromatic N) is 1. The highest BCUT2D eigenvalue weighted by atomic mass is 16.5. The van der Waals surface area contributed by atoms with E-state index in [4.69, 9.17) is 4.74 Å². The second-order valence-electron chi connectivity index (χ2n) is 5.33. The van der Waals surface area contributed by atoms with Gasteiger partial charge in [-0.05, 0) is 33.1 Å². The van der Waals surface area contributed by atoms with E-state index >= 15 is 0 Å². The van der Waals surface area contributed by atoms with Crippen LogP contribution in [0.2, 0.25) is 0 Å². The summed E-state index contributed by atoms with van der Waals surface area (Å²) >= 11 is 0. The first-order chi connectivity index (χ1) is 7.92. The quantitative estimate of drug-likeness (QED) is 0.691. The molecule has 1 aliphatic rings. The molecule has 0 bridgehead atoms. The largest absolute Gasteiger partial charge is 0.469 e. The minimum absolute atomic E-state index is 0.152. The van der Waals surface area contributed by atoms with Gasteiger partial charge in [0.1, 0.15) is 0 Å². The summed E-state index contributed by atoms with van der Waals surface area (Å²) < 4.78 is 4.81. The lowest BCUT2D eigenvalue weighted by molar-refractivity contribution is -0.152. The van der Waals surface area contributed by atoms with Crippen LogP contribution in [0.1, 0.15) is 46.5 Å². The van der Waals surface area contributed by atoms with Gasteiger partial charge in [-0.2, -0.15) is 0 Å². The third-order valence-corrected chi connectivity index (χ3v) is 3.51. The first kappa shape index (κ1) is 14.0. The van der Waals surface area contributed by atoms with Crippen LogP contribution in [0.4, 0.5) is 0 Å². The van der Waals surface area contributed by atoms with Gasteiger partial charge < -0.3 is 9.64 Å². The Kier molecular flexibility index (Phi) is 4.54. The summed E-state index contributed by atoms with van der Waals surface area (Å²) in [5, 5.41) is 0. The summed E-state index contributed by atoms with van der Waals surface area (Å²) in [6.45, 7) is 6.64. The topological polar surface area (TPSA) is 46.6 Å². The number of esters is 1. The molecule has 1 heterocycles. The second-order valence-corrected chi connectivity index (χ2v) is 5.33. The van der Waals surface area contributed by atoms with Crippen LogP contribution in [0.25, 0.3) is 0 Å². The molecule has 0 aromatic carbocycles. The van der Waals surface area contributed by atoms with E-state index in [0.717, 1.165) is 19.4 Å². The van der Waals surface area contributed by atoms with Gasteiger partial charge in [-0.3, -0.25) is 9.59 Å². The van der Waals surface area contributed by atoms with Crippen molar-refractivity contribution in [2.24, 2.45) is 5.41 Å². The van der Waals surface area contributed by atoms with Gasteiger partial charge in [0.25, 0.3) is 0 Å². The fourth-order valence-electron chi connectivity index (χ4n) is 2.48. The Bertz CT molecular complexity index is 299. The molecule has 98 valence electrons. The molecule has 1 fully saturated rings. The molecule has 17 heavy (non-hydrogen) atoms. The number of carbonyl (C=O) groups is 2. The molecule has 1 saturated heterocycles. The SMILES string of the molecule is CCC(CC(C)(C)C(=O)OC)N1CCCC1=O. The van der Waals surface area contributed by atoms with Crippen LogP contribution >= 0.6 is 0 Å². The van der Waals surface area contributed by atoms with Gasteiger partial charge in [-0.25, -0.2) is 0 Å². The highest BCUT2D eigenvalue weighted by Gasteiger charge is 2.36. The zero-order valence-electron chi connectivity index (χ0n) is 11.3. The van der Waals surface area contributed by atoms with Crippen molar-refractivity contribution in [1.29, 1.82) is 0 Å². The molecule has 0 spiro atoms. The second kappa shape index (κ2) is 5.52. The lowest BCUT2D eigenvalue weighted by Gasteiger charge is -2.32. The summed E-state index contributed by atoms with van der Waals surface area (Å²) in [6.07, 6.45) is 3.14. The molecule has 0 saturated carbocycles. The predicted molar refractivity (Wildman–Crippen MR) is 65.4 cm³/mol. The summed E-state index contributed by atoms with van der Waals surface area (Å²) in [5.74, 6) is 0.0140. The summed E-state index contributed by atoms with van der Waals surface area (Å²) in [4.78, 5) is 25.3. The minimum Gasteiger partial charge on any atom is -0.469 e. The average molecular weight is 241 g/mol. The van der Waals surface area contributed by atoms with E-state index in [0.29, 0.717) is 12.8 Å². The van der Waals surface area contributed by atoms with Crippen molar-refractivity contribution in [3.63, 3.8) is 0 Å². The summed E-state index contributed by atoms with van der Waals surface area (Å²) in [5.41, 5.74) is -0.529. The number of hydrogen-bond acceptors (Lipinski definition) is 3. The smallest absolute Gasteiger partial charge is 0.311 e. The van der Waals surface area contributed by atoms with E-state index in [-0.39, 0.29) is 17.9 Å². The molecule has 0 aliphatic carbocycles. The normalized spacial score (nSPS) is 18.4. The number of hydrogen-bond donors (Lipinski definition) is 0. The van der Waals surface area contributed by atoms with Crippen LogP contribution in [0.3, 0.4) is 0 Å². The van der Waals surface area contributed by atoms with E-state index in [1.54, 1.807) is 0 Å². The van der Waals surface area contributed by atoms with E-state index in [1.807, 2.05) is 18.7 Å². The molecule has 1 rings (SSSR count). The van der Waals surface area contributed by atoms with Gasteiger partial charge >= 0.3 is 5.97 Å². The van der Waals surface area contributed by atoms with Gasteiger partial charge in [0.05, 0.1) is 12.5 Å². The molecule has 4 nitrogen and oxygen atoms in total. The summed E-state index contributed by atoms with van der Waals surface area (Å²) in [6, 6.07) is 0.152. The Labute approximate surface area is 103 Å². The van der Waals surface area contributed by atoms with Crippen LogP contribution < -0.4 is 0 Å². The summed E-state index contributed by atoms with van der Waals surface area (Å²) in [7, 11) is 1.41. The molecule has 0 N–H and O–H groups in total. The first-order valence-corrected chi connectivity index (χ1v) is 6.30. The van der Waals surface area contributed by atoms with E-state index in [9.17, 15) is 9.59 Å².